The van der Waals surface area contributed by atoms with Crippen LogP contribution in [0.4, 0.5) is 14.5 Å². The summed E-state index contributed by atoms with van der Waals surface area (Å²) in [4.78, 5) is 12.0. The minimum Gasteiger partial charge on any atom is -0.495 e. The topological polar surface area (TPSA) is 38.3 Å². The number of methoxy groups -OCH3 is 1. The zero-order chi connectivity index (χ0) is 14.7. The Kier molecular flexibility index (Phi) is 4.20. The molecule has 0 aliphatic carbocycles. The maximum absolute atomic E-state index is 13.5. The number of amides is 1. The molecule has 3 nitrogen and oxygen atoms in total. The predicted molar refractivity (Wildman–Crippen MR) is 72.3 cm³/mol. The summed E-state index contributed by atoms with van der Waals surface area (Å²) in [6.45, 7) is 0. The number of hydrogen-bond acceptors (Lipinski definition) is 2. The summed E-state index contributed by atoms with van der Waals surface area (Å²) in [5, 5.41) is 2.45. The van der Waals surface area contributed by atoms with Crippen LogP contribution >= 0.6 is 11.6 Å². The minimum absolute atomic E-state index is 0.120. The molecule has 0 saturated carbocycles. The average Bonchev–Trinajstić information content (AvgIpc) is 2.42. The molecule has 0 bridgehead atoms. The number of carbonyl (C=O) groups is 1. The molecule has 6 heteroatoms. The van der Waals surface area contributed by atoms with Crippen molar-refractivity contribution < 1.29 is 18.3 Å². The number of hydrogen-bond donors (Lipinski definition) is 1. The lowest BCUT2D eigenvalue weighted by atomic mass is 10.2. The van der Waals surface area contributed by atoms with Crippen molar-refractivity contribution in [2.45, 2.75) is 0 Å². The summed E-state index contributed by atoms with van der Waals surface area (Å²) in [6.07, 6.45) is 0. The van der Waals surface area contributed by atoms with Crippen molar-refractivity contribution in [3.63, 3.8) is 0 Å². The number of ether oxygens (including phenoxy) is 1. The molecule has 1 N–H and O–H groups in total. The summed E-state index contributed by atoms with van der Waals surface area (Å²) >= 11 is 6.00. The first kappa shape index (κ1) is 14.3. The molecule has 0 atom stereocenters. The van der Waals surface area contributed by atoms with Gasteiger partial charge in [-0.3, -0.25) is 4.79 Å². The molecule has 104 valence electrons. The van der Waals surface area contributed by atoms with Crippen LogP contribution in [0, 0.1) is 11.6 Å². The molecule has 2 rings (SSSR count). The molecule has 0 aliphatic heterocycles. The Morgan fingerprint density at radius 2 is 2.00 bits per heavy atom. The van der Waals surface area contributed by atoms with Crippen LogP contribution in [0.3, 0.4) is 0 Å². The summed E-state index contributed by atoms with van der Waals surface area (Å²) in [6, 6.07) is 7.52. The predicted octanol–water partition coefficient (Wildman–Crippen LogP) is 3.88. The highest BCUT2D eigenvalue weighted by Gasteiger charge is 2.15. The number of halogens is 3. The monoisotopic (exact) mass is 297 g/mol. The van der Waals surface area contributed by atoms with E-state index in [0.29, 0.717) is 11.8 Å². The molecule has 0 unspecified atom stereocenters. The van der Waals surface area contributed by atoms with E-state index in [1.165, 1.54) is 13.2 Å². The van der Waals surface area contributed by atoms with Crippen molar-refractivity contribution in [3.05, 3.63) is 58.6 Å². The van der Waals surface area contributed by atoms with E-state index < -0.39 is 17.5 Å². The molecule has 0 aliphatic rings. The first-order chi connectivity index (χ1) is 9.52. The van der Waals surface area contributed by atoms with Crippen LogP contribution in [0.1, 0.15) is 10.4 Å². The summed E-state index contributed by atoms with van der Waals surface area (Å²) in [5.41, 5.74) is 0.00466. The zero-order valence-corrected chi connectivity index (χ0v) is 11.2. The quantitative estimate of drug-likeness (QED) is 0.933. The lowest BCUT2D eigenvalue weighted by Gasteiger charge is -2.10. The van der Waals surface area contributed by atoms with Gasteiger partial charge in [-0.05, 0) is 24.3 Å². The van der Waals surface area contributed by atoms with Crippen molar-refractivity contribution in [1.82, 2.24) is 0 Å². The van der Waals surface area contributed by atoms with Gasteiger partial charge in [-0.25, -0.2) is 8.78 Å². The van der Waals surface area contributed by atoms with Crippen LogP contribution in [0.5, 0.6) is 5.75 Å². The first-order valence-corrected chi connectivity index (χ1v) is 5.99. The van der Waals surface area contributed by atoms with Gasteiger partial charge < -0.3 is 10.1 Å². The third-order valence-corrected chi connectivity index (χ3v) is 3.00. The fourth-order valence-electron chi connectivity index (χ4n) is 1.62. The molecular weight excluding hydrogens is 288 g/mol. The number of rotatable bonds is 3. The third-order valence-electron chi connectivity index (χ3n) is 2.61. The van der Waals surface area contributed by atoms with Gasteiger partial charge in [-0.15, -0.1) is 0 Å². The van der Waals surface area contributed by atoms with Crippen molar-refractivity contribution in [3.8, 4) is 5.75 Å². The number of carbonyl (C=O) groups excluding carboxylic acids is 1. The third kappa shape index (κ3) is 2.88. The van der Waals surface area contributed by atoms with E-state index in [1.807, 2.05) is 0 Å². The average molecular weight is 298 g/mol. The zero-order valence-electron chi connectivity index (χ0n) is 10.4. The van der Waals surface area contributed by atoms with Crippen molar-refractivity contribution >= 4 is 23.2 Å². The van der Waals surface area contributed by atoms with E-state index in [1.54, 1.807) is 12.1 Å². The van der Waals surface area contributed by atoms with Crippen LogP contribution in [-0.4, -0.2) is 13.0 Å². The number of anilines is 1. The molecule has 0 saturated heterocycles. The second kappa shape index (κ2) is 5.88. The van der Waals surface area contributed by atoms with Crippen LogP contribution in [0.25, 0.3) is 0 Å². The standard InChI is InChI=1S/C14H10ClF2NO2/c1-20-12-4-2-3-9(13(12)15)14(19)18-11-6-5-8(16)7-10(11)17/h2-7H,1H3,(H,18,19). The van der Waals surface area contributed by atoms with E-state index in [9.17, 15) is 13.6 Å². The SMILES string of the molecule is COc1cccc(C(=O)Nc2ccc(F)cc2F)c1Cl. The number of nitrogens with one attached hydrogen (secondary N) is 1. The van der Waals surface area contributed by atoms with E-state index in [4.69, 9.17) is 16.3 Å². The minimum atomic E-state index is -0.864. The molecule has 2 aromatic rings. The molecular formula is C14H10ClF2NO2. The molecule has 20 heavy (non-hydrogen) atoms. The molecule has 0 aromatic heterocycles. The molecule has 1 amide bonds. The van der Waals surface area contributed by atoms with Gasteiger partial charge in [0, 0.05) is 6.07 Å². The normalized spacial score (nSPS) is 10.2. The van der Waals surface area contributed by atoms with E-state index in [0.717, 1.165) is 12.1 Å². The lowest BCUT2D eigenvalue weighted by Crippen LogP contribution is -2.14. The second-order valence-electron chi connectivity index (χ2n) is 3.90. The summed E-state index contributed by atoms with van der Waals surface area (Å²) in [5.74, 6) is -1.87. The fourth-order valence-corrected chi connectivity index (χ4v) is 1.91. The maximum Gasteiger partial charge on any atom is 0.257 e. The molecule has 0 fully saturated rings. The van der Waals surface area contributed by atoms with Crippen LogP contribution in [-0.2, 0) is 0 Å². The highest BCUT2D eigenvalue weighted by molar-refractivity contribution is 6.35. The van der Waals surface area contributed by atoms with Gasteiger partial charge in [0.15, 0.2) is 0 Å². The molecule has 0 spiro atoms. The van der Waals surface area contributed by atoms with Crippen molar-refractivity contribution in [1.29, 1.82) is 0 Å². The van der Waals surface area contributed by atoms with Gasteiger partial charge in [-0.2, -0.15) is 0 Å². The Balaban J connectivity index is 2.28. The van der Waals surface area contributed by atoms with E-state index in [-0.39, 0.29) is 16.3 Å². The van der Waals surface area contributed by atoms with Gasteiger partial charge in [-0.1, -0.05) is 17.7 Å². The largest absolute Gasteiger partial charge is 0.495 e. The van der Waals surface area contributed by atoms with Crippen LogP contribution in [0.2, 0.25) is 5.02 Å². The Bertz CT molecular complexity index is 662. The van der Waals surface area contributed by atoms with Crippen LogP contribution in [0.15, 0.2) is 36.4 Å². The molecule has 2 aromatic carbocycles. The highest BCUT2D eigenvalue weighted by atomic mass is 35.5. The number of benzene rings is 2. The fraction of sp³-hybridized carbons (Fsp3) is 0.0714. The molecule has 0 heterocycles. The lowest BCUT2D eigenvalue weighted by molar-refractivity contribution is 0.102. The Morgan fingerprint density at radius 1 is 1.25 bits per heavy atom. The van der Waals surface area contributed by atoms with E-state index >= 15 is 0 Å². The smallest absolute Gasteiger partial charge is 0.257 e. The van der Waals surface area contributed by atoms with Gasteiger partial charge >= 0.3 is 0 Å². The Morgan fingerprint density at radius 3 is 2.65 bits per heavy atom. The Labute approximate surface area is 119 Å². The van der Waals surface area contributed by atoms with Gasteiger partial charge in [0.25, 0.3) is 5.91 Å². The highest BCUT2D eigenvalue weighted by Crippen LogP contribution is 2.28. The van der Waals surface area contributed by atoms with Crippen molar-refractivity contribution in [2.75, 3.05) is 12.4 Å². The van der Waals surface area contributed by atoms with E-state index in [2.05, 4.69) is 5.32 Å². The summed E-state index contributed by atoms with van der Waals surface area (Å²) < 4.78 is 31.2. The first-order valence-electron chi connectivity index (χ1n) is 5.62. The van der Waals surface area contributed by atoms with Gasteiger partial charge in [0.2, 0.25) is 0 Å². The van der Waals surface area contributed by atoms with Crippen molar-refractivity contribution in [2.24, 2.45) is 0 Å². The maximum atomic E-state index is 13.5. The Hall–Kier alpha value is -2.14. The van der Waals surface area contributed by atoms with Gasteiger partial charge in [0.1, 0.15) is 17.4 Å². The summed E-state index contributed by atoms with van der Waals surface area (Å²) in [7, 11) is 1.42. The second-order valence-corrected chi connectivity index (χ2v) is 4.28. The molecule has 0 radical (unpaired) electrons. The van der Waals surface area contributed by atoms with Crippen LogP contribution < -0.4 is 10.1 Å². The van der Waals surface area contributed by atoms with Gasteiger partial charge in [0.05, 0.1) is 23.4 Å².